The molecule has 6 heteroatoms. The quantitative estimate of drug-likeness (QED) is 0.439. The minimum Gasteiger partial charge on any atom is -0.332 e. The Morgan fingerprint density at radius 2 is 1.22 bits per heavy atom. The van der Waals surface area contributed by atoms with Crippen molar-refractivity contribution in [3.05, 3.63) is 0 Å². The van der Waals surface area contributed by atoms with Crippen LogP contribution in [0, 0.1) is 0 Å². The largest absolute Gasteiger partial charge is 0.416 e. The normalized spacial score (nSPS) is 12.7. The van der Waals surface area contributed by atoms with Crippen LogP contribution in [0.1, 0.15) is 6.92 Å². The van der Waals surface area contributed by atoms with Crippen LogP contribution in [0.4, 0.5) is 17.6 Å². The first-order valence-corrected chi connectivity index (χ1v) is 1.73. The van der Waals surface area contributed by atoms with Crippen LogP contribution in [0.3, 0.4) is 0 Å². The van der Waals surface area contributed by atoms with Gasteiger partial charge in [0.25, 0.3) is 0 Å². The summed E-state index contributed by atoms with van der Waals surface area (Å²) in [5.74, 6) is -4.34. The molecule has 1 radical (unpaired) electrons. The van der Waals surface area contributed by atoms with E-state index >= 15 is 0 Å². The van der Waals surface area contributed by atoms with Crippen LogP contribution in [-0.4, -0.2) is 46.7 Å². The van der Waals surface area contributed by atoms with Crippen molar-refractivity contribution < 1.29 is 22.7 Å². The molecular weight excluding hydrogens is 151 g/mol. The van der Waals surface area contributed by atoms with Gasteiger partial charge in [0, 0.05) is 36.5 Å². The Labute approximate surface area is 71.3 Å². The number of rotatable bonds is 1. The summed E-state index contributed by atoms with van der Waals surface area (Å²) >= 11 is 0. The van der Waals surface area contributed by atoms with Crippen molar-refractivity contribution in [2.75, 3.05) is 0 Å². The van der Waals surface area contributed by atoms with E-state index in [1.807, 2.05) is 0 Å². The standard InChI is InChI=1S/C3H4F4O.Na/c1-2(4,5)3(6,7)8;/h8H,1H3;. The fraction of sp³-hybridized carbons (Fsp3) is 1.00. The third-order valence-electron chi connectivity index (χ3n) is 0.528. The molecule has 1 nitrogen and oxygen atoms in total. The molecule has 9 heavy (non-hydrogen) atoms. The topological polar surface area (TPSA) is 20.2 Å². The predicted octanol–water partition coefficient (Wildman–Crippen LogP) is 0.846. The fourth-order valence-electron chi connectivity index (χ4n) is 0. The molecule has 0 aromatic heterocycles. The number of hydrogen-bond acceptors (Lipinski definition) is 1. The van der Waals surface area contributed by atoms with E-state index in [0.29, 0.717) is 0 Å². The van der Waals surface area contributed by atoms with Crippen LogP contribution in [0.25, 0.3) is 0 Å². The Bertz CT molecular complexity index is 70.8. The molecule has 0 amide bonds. The summed E-state index contributed by atoms with van der Waals surface area (Å²) in [6.45, 7) is -0.0625. The Balaban J connectivity index is 0. The third kappa shape index (κ3) is 4.13. The van der Waals surface area contributed by atoms with Gasteiger partial charge in [0.1, 0.15) is 0 Å². The summed E-state index contributed by atoms with van der Waals surface area (Å²) in [6.07, 6.45) is -4.90. The van der Waals surface area contributed by atoms with Crippen LogP contribution < -0.4 is 0 Å². The second kappa shape index (κ2) is 3.18. The van der Waals surface area contributed by atoms with Crippen molar-refractivity contribution in [1.82, 2.24) is 0 Å². The maximum atomic E-state index is 11.2. The molecule has 0 atom stereocenters. The zero-order chi connectivity index (χ0) is 7.00. The molecule has 0 aliphatic heterocycles. The molecule has 0 saturated heterocycles. The molecule has 0 fully saturated rings. The summed E-state index contributed by atoms with van der Waals surface area (Å²) in [5, 5.41) is 7.27. The Kier molecular flexibility index (Phi) is 4.37. The first-order valence-electron chi connectivity index (χ1n) is 1.73. The van der Waals surface area contributed by atoms with E-state index in [4.69, 9.17) is 5.11 Å². The fourth-order valence-corrected chi connectivity index (χ4v) is 0. The molecule has 0 spiro atoms. The van der Waals surface area contributed by atoms with Crippen molar-refractivity contribution in [2.24, 2.45) is 0 Å². The Hall–Kier alpha value is 0.680. The third-order valence-corrected chi connectivity index (χ3v) is 0.528. The number of halogens is 4. The van der Waals surface area contributed by atoms with Gasteiger partial charge in [-0.15, -0.1) is 0 Å². The zero-order valence-electron chi connectivity index (χ0n) is 4.96. The van der Waals surface area contributed by atoms with Crippen molar-refractivity contribution >= 4 is 29.6 Å². The smallest absolute Gasteiger partial charge is 0.332 e. The predicted molar refractivity (Wildman–Crippen MR) is 23.5 cm³/mol. The molecule has 0 aliphatic carbocycles. The molecule has 0 unspecified atom stereocenters. The molecule has 0 heterocycles. The van der Waals surface area contributed by atoms with Gasteiger partial charge in [-0.25, -0.2) is 0 Å². The molecule has 0 aromatic rings. The van der Waals surface area contributed by atoms with Crippen molar-refractivity contribution in [3.63, 3.8) is 0 Å². The maximum Gasteiger partial charge on any atom is 0.416 e. The molecule has 0 aromatic carbocycles. The van der Waals surface area contributed by atoms with Crippen molar-refractivity contribution in [3.8, 4) is 0 Å². The van der Waals surface area contributed by atoms with E-state index in [2.05, 4.69) is 0 Å². The van der Waals surface area contributed by atoms with Crippen LogP contribution >= 0.6 is 0 Å². The second-order valence-electron chi connectivity index (χ2n) is 1.43. The summed E-state index contributed by atoms with van der Waals surface area (Å²) in [4.78, 5) is 0. The molecular formula is C3H4F4NaO. The first-order chi connectivity index (χ1) is 3.25. The molecule has 0 saturated carbocycles. The minimum absolute atomic E-state index is 0. The van der Waals surface area contributed by atoms with Crippen LogP contribution in [-0.2, 0) is 0 Å². The van der Waals surface area contributed by atoms with Crippen LogP contribution in [0.5, 0.6) is 0 Å². The van der Waals surface area contributed by atoms with Gasteiger partial charge < -0.3 is 5.11 Å². The van der Waals surface area contributed by atoms with E-state index in [0.717, 1.165) is 0 Å². The van der Waals surface area contributed by atoms with Gasteiger partial charge in [-0.3, -0.25) is 0 Å². The van der Waals surface area contributed by atoms with Crippen molar-refractivity contribution in [2.45, 2.75) is 19.0 Å². The van der Waals surface area contributed by atoms with Gasteiger partial charge >= 0.3 is 12.0 Å². The van der Waals surface area contributed by atoms with E-state index < -0.39 is 12.0 Å². The van der Waals surface area contributed by atoms with Gasteiger partial charge in [-0.1, -0.05) is 0 Å². The van der Waals surface area contributed by atoms with E-state index in [1.54, 1.807) is 0 Å². The zero-order valence-corrected chi connectivity index (χ0v) is 6.96. The summed E-state index contributed by atoms with van der Waals surface area (Å²) < 4.78 is 44.5. The first kappa shape index (κ1) is 12.4. The molecule has 51 valence electrons. The van der Waals surface area contributed by atoms with Gasteiger partial charge in [0.15, 0.2) is 0 Å². The summed E-state index contributed by atoms with van der Waals surface area (Å²) in [6, 6.07) is 0. The number of hydrogen-bond donors (Lipinski definition) is 1. The average Bonchev–Trinajstić information content (AvgIpc) is 1.25. The molecule has 0 bridgehead atoms. The van der Waals surface area contributed by atoms with Crippen LogP contribution in [0.2, 0.25) is 0 Å². The van der Waals surface area contributed by atoms with Crippen molar-refractivity contribution in [1.29, 1.82) is 0 Å². The minimum atomic E-state index is -4.90. The monoisotopic (exact) mass is 155 g/mol. The van der Waals surface area contributed by atoms with Gasteiger partial charge in [-0.05, 0) is 0 Å². The van der Waals surface area contributed by atoms with Gasteiger partial charge in [0.2, 0.25) is 0 Å². The average molecular weight is 155 g/mol. The van der Waals surface area contributed by atoms with Gasteiger partial charge in [0.05, 0.1) is 0 Å². The summed E-state index contributed by atoms with van der Waals surface area (Å²) in [7, 11) is 0. The maximum absolute atomic E-state index is 11.2. The van der Waals surface area contributed by atoms with E-state index in [1.165, 1.54) is 0 Å². The summed E-state index contributed by atoms with van der Waals surface area (Å²) in [5.41, 5.74) is 0. The molecule has 0 aliphatic rings. The van der Waals surface area contributed by atoms with E-state index in [-0.39, 0.29) is 36.5 Å². The SMILES string of the molecule is CC(F)(F)C(O)(F)F.[Na]. The second-order valence-corrected chi connectivity index (χ2v) is 1.43. The van der Waals surface area contributed by atoms with Gasteiger partial charge in [-0.2, -0.15) is 17.6 Å². The molecule has 1 N–H and O–H groups in total. The number of aliphatic hydroxyl groups is 1. The number of alkyl halides is 4. The van der Waals surface area contributed by atoms with Crippen LogP contribution in [0.15, 0.2) is 0 Å². The Morgan fingerprint density at radius 1 is 1.11 bits per heavy atom. The van der Waals surface area contributed by atoms with E-state index in [9.17, 15) is 17.6 Å². The molecule has 0 rings (SSSR count). The Morgan fingerprint density at radius 3 is 1.22 bits per heavy atom.